The lowest BCUT2D eigenvalue weighted by Gasteiger charge is -2.36. The van der Waals surface area contributed by atoms with Crippen LogP contribution in [0.4, 0.5) is 0 Å². The number of hydrogen-bond acceptors (Lipinski definition) is 7. The van der Waals surface area contributed by atoms with E-state index < -0.39 is 36.0 Å². The van der Waals surface area contributed by atoms with Crippen LogP contribution in [0.15, 0.2) is 96.2 Å². The normalized spacial score (nSPS) is 26.0. The van der Waals surface area contributed by atoms with Crippen LogP contribution in [0.5, 0.6) is 0 Å². The summed E-state index contributed by atoms with van der Waals surface area (Å²) in [7, 11) is 0. The van der Waals surface area contributed by atoms with Gasteiger partial charge >= 0.3 is 0 Å². The molecule has 0 aliphatic carbocycles. The molecule has 2 heterocycles. The van der Waals surface area contributed by atoms with Crippen LogP contribution in [0, 0.1) is 0 Å². The number of ether oxygens (including phenoxy) is 4. The van der Waals surface area contributed by atoms with Gasteiger partial charge in [0, 0.05) is 0 Å². The number of nitrogens with zero attached hydrogens (tertiary/aromatic N) is 1. The quantitative estimate of drug-likeness (QED) is 0.232. The van der Waals surface area contributed by atoms with E-state index >= 15 is 0 Å². The van der Waals surface area contributed by atoms with Gasteiger partial charge in [-0.15, -0.1) is 0 Å². The summed E-state index contributed by atoms with van der Waals surface area (Å²) in [5, 5.41) is 24.3. The van der Waals surface area contributed by atoms with Crippen molar-refractivity contribution < 1.29 is 29.3 Å². The second-order valence-electron chi connectivity index (χ2n) is 9.18. The molecule has 2 aliphatic heterocycles. The Kier molecular flexibility index (Phi) is 6.44. The average molecular weight is 476 g/mol. The molecule has 0 bridgehead atoms. The Balaban J connectivity index is 1.50. The standard InChI is InChI=1S/C28H29NO6/c1-27(2)34-25-23(30)24(33-26(25)35-27)22(29-31)18-32-28(19-12-6-3-7-13-19,20-14-8-4-9-15-20)21-16-10-5-11-17-21/h3-17,23-26,30-31H,18H2,1-2H3/b29-22-/t23-,24+,25-,26-/m1/s1. The maximum atomic E-state index is 10.9. The van der Waals surface area contributed by atoms with Crippen molar-refractivity contribution in [3.63, 3.8) is 0 Å². The number of oxime groups is 1. The molecule has 2 N–H and O–H groups in total. The van der Waals surface area contributed by atoms with Crippen molar-refractivity contribution in [2.45, 2.75) is 49.8 Å². The molecule has 2 fully saturated rings. The third-order valence-corrected chi connectivity index (χ3v) is 6.45. The fraction of sp³-hybridized carbons (Fsp3) is 0.321. The van der Waals surface area contributed by atoms with Gasteiger partial charge in [0.05, 0.1) is 6.61 Å². The second-order valence-corrected chi connectivity index (χ2v) is 9.18. The lowest BCUT2D eigenvalue weighted by molar-refractivity contribution is -0.207. The first-order chi connectivity index (χ1) is 16.9. The number of aliphatic hydroxyl groups is 1. The van der Waals surface area contributed by atoms with E-state index in [1.54, 1.807) is 13.8 Å². The number of benzene rings is 3. The van der Waals surface area contributed by atoms with E-state index in [-0.39, 0.29) is 12.3 Å². The summed E-state index contributed by atoms with van der Waals surface area (Å²) in [5.41, 5.74) is 1.87. The molecule has 4 atom stereocenters. The summed E-state index contributed by atoms with van der Waals surface area (Å²) in [6.07, 6.45) is -3.46. The lowest BCUT2D eigenvalue weighted by atomic mass is 9.80. The molecule has 2 aliphatic rings. The number of rotatable bonds is 7. The Morgan fingerprint density at radius 2 is 1.34 bits per heavy atom. The smallest absolute Gasteiger partial charge is 0.190 e. The number of hydrogen-bond donors (Lipinski definition) is 2. The minimum Gasteiger partial charge on any atom is -0.411 e. The highest BCUT2D eigenvalue weighted by Gasteiger charge is 2.56. The van der Waals surface area contributed by atoms with Gasteiger partial charge in [-0.25, -0.2) is 0 Å². The van der Waals surface area contributed by atoms with Gasteiger partial charge < -0.3 is 29.3 Å². The SMILES string of the molecule is CC1(C)O[C@H]2O[C@@H](/C(COC(c3ccccc3)(c3ccccc3)c3ccccc3)=N\O)[C@@H](O)[C@H]2O1. The Labute approximate surface area is 204 Å². The van der Waals surface area contributed by atoms with Crippen LogP contribution < -0.4 is 0 Å². The Hall–Kier alpha value is -3.07. The molecule has 7 nitrogen and oxygen atoms in total. The van der Waals surface area contributed by atoms with E-state index in [0.717, 1.165) is 16.7 Å². The predicted molar refractivity (Wildman–Crippen MR) is 129 cm³/mol. The van der Waals surface area contributed by atoms with Gasteiger partial charge in [0.15, 0.2) is 12.1 Å². The Bertz CT molecular complexity index is 1060. The van der Waals surface area contributed by atoms with Crippen LogP contribution in [0.2, 0.25) is 0 Å². The molecule has 0 unspecified atom stereocenters. The topological polar surface area (TPSA) is 89.7 Å². The van der Waals surface area contributed by atoms with Crippen LogP contribution in [0.3, 0.4) is 0 Å². The van der Waals surface area contributed by atoms with Crippen molar-refractivity contribution in [3.8, 4) is 0 Å². The molecule has 0 radical (unpaired) electrons. The Morgan fingerprint density at radius 1 is 0.857 bits per heavy atom. The first-order valence-electron chi connectivity index (χ1n) is 11.6. The van der Waals surface area contributed by atoms with Gasteiger partial charge in [0.1, 0.15) is 29.6 Å². The summed E-state index contributed by atoms with van der Waals surface area (Å²) in [6.45, 7) is 3.41. The van der Waals surface area contributed by atoms with Crippen molar-refractivity contribution in [3.05, 3.63) is 108 Å². The van der Waals surface area contributed by atoms with E-state index in [1.165, 1.54) is 0 Å². The second kappa shape index (κ2) is 9.53. The zero-order valence-electron chi connectivity index (χ0n) is 19.7. The largest absolute Gasteiger partial charge is 0.411 e. The third-order valence-electron chi connectivity index (χ3n) is 6.45. The van der Waals surface area contributed by atoms with Gasteiger partial charge in [-0.3, -0.25) is 0 Å². The molecule has 0 spiro atoms. The predicted octanol–water partition coefficient (Wildman–Crippen LogP) is 4.06. The summed E-state index contributed by atoms with van der Waals surface area (Å²) < 4.78 is 24.1. The van der Waals surface area contributed by atoms with Gasteiger partial charge in [0.2, 0.25) is 0 Å². The molecule has 0 amide bonds. The fourth-order valence-electron chi connectivity index (χ4n) is 4.89. The van der Waals surface area contributed by atoms with E-state index in [1.807, 2.05) is 91.0 Å². The fourth-order valence-corrected chi connectivity index (χ4v) is 4.89. The van der Waals surface area contributed by atoms with Crippen LogP contribution in [-0.2, 0) is 24.5 Å². The molecule has 0 aromatic heterocycles. The van der Waals surface area contributed by atoms with Crippen molar-refractivity contribution in [2.75, 3.05) is 6.61 Å². The van der Waals surface area contributed by atoms with Crippen LogP contribution >= 0.6 is 0 Å². The van der Waals surface area contributed by atoms with E-state index in [0.29, 0.717) is 0 Å². The molecular weight excluding hydrogens is 446 g/mol. The summed E-state index contributed by atoms with van der Waals surface area (Å²) in [6, 6.07) is 29.6. The minimum atomic E-state index is -1.07. The van der Waals surface area contributed by atoms with Crippen LogP contribution in [0.1, 0.15) is 30.5 Å². The maximum absolute atomic E-state index is 10.9. The first kappa shape index (κ1) is 23.7. The zero-order valence-corrected chi connectivity index (χ0v) is 19.7. The highest BCUT2D eigenvalue weighted by molar-refractivity contribution is 5.90. The molecule has 7 heteroatoms. The van der Waals surface area contributed by atoms with Crippen LogP contribution in [0.25, 0.3) is 0 Å². The molecular formula is C28H29NO6. The minimum absolute atomic E-state index is 0.111. The van der Waals surface area contributed by atoms with E-state index in [2.05, 4.69) is 5.16 Å². The molecule has 35 heavy (non-hydrogen) atoms. The monoisotopic (exact) mass is 475 g/mol. The molecule has 5 rings (SSSR count). The first-order valence-corrected chi connectivity index (χ1v) is 11.6. The highest BCUT2D eigenvalue weighted by Crippen LogP contribution is 2.41. The van der Waals surface area contributed by atoms with Gasteiger partial charge in [-0.05, 0) is 30.5 Å². The van der Waals surface area contributed by atoms with Crippen molar-refractivity contribution in [2.24, 2.45) is 5.16 Å². The van der Waals surface area contributed by atoms with Crippen LogP contribution in [-0.4, -0.2) is 53.0 Å². The number of aliphatic hydroxyl groups excluding tert-OH is 1. The third kappa shape index (κ3) is 4.37. The lowest BCUT2D eigenvalue weighted by Crippen LogP contribution is -2.42. The van der Waals surface area contributed by atoms with Gasteiger partial charge in [-0.2, -0.15) is 0 Å². The van der Waals surface area contributed by atoms with Crippen molar-refractivity contribution in [1.82, 2.24) is 0 Å². The summed E-state index contributed by atoms with van der Waals surface area (Å²) >= 11 is 0. The molecule has 3 aromatic rings. The number of fused-ring (bicyclic) bond motifs is 1. The maximum Gasteiger partial charge on any atom is 0.190 e. The Morgan fingerprint density at radius 3 is 1.77 bits per heavy atom. The summed E-state index contributed by atoms with van der Waals surface area (Å²) in [4.78, 5) is 0. The molecule has 0 saturated carbocycles. The highest BCUT2D eigenvalue weighted by atomic mass is 16.8. The van der Waals surface area contributed by atoms with E-state index in [4.69, 9.17) is 18.9 Å². The van der Waals surface area contributed by atoms with Crippen molar-refractivity contribution >= 4 is 5.71 Å². The van der Waals surface area contributed by atoms with E-state index in [9.17, 15) is 10.3 Å². The average Bonchev–Trinajstić information content (AvgIpc) is 3.35. The van der Waals surface area contributed by atoms with Gasteiger partial charge in [-0.1, -0.05) is 96.2 Å². The molecule has 3 aromatic carbocycles. The van der Waals surface area contributed by atoms with Crippen molar-refractivity contribution in [1.29, 1.82) is 0 Å². The zero-order chi connectivity index (χ0) is 24.5. The van der Waals surface area contributed by atoms with Gasteiger partial charge in [0.25, 0.3) is 0 Å². The molecule has 182 valence electrons. The summed E-state index contributed by atoms with van der Waals surface area (Å²) in [5.74, 6) is -0.864. The molecule has 2 saturated heterocycles.